The van der Waals surface area contributed by atoms with Crippen LogP contribution in [0, 0.1) is 34.5 Å². The molecular weight excluding hydrogens is 264 g/mol. The second kappa shape index (κ2) is 7.27. The molecule has 0 amide bonds. The number of hydrogen-bond acceptors (Lipinski definition) is 0. The second-order valence-corrected chi connectivity index (χ2v) is 10.6. The minimum Gasteiger partial charge on any atom is -0.0599 e. The molecular formula is C22H42. The lowest BCUT2D eigenvalue weighted by Gasteiger charge is -2.52. The van der Waals surface area contributed by atoms with Crippen LogP contribution in [0.1, 0.15) is 106 Å². The first-order valence-corrected chi connectivity index (χ1v) is 10.2. The summed E-state index contributed by atoms with van der Waals surface area (Å²) < 4.78 is 0. The van der Waals surface area contributed by atoms with E-state index in [9.17, 15) is 0 Å². The van der Waals surface area contributed by atoms with Gasteiger partial charge in [0.05, 0.1) is 0 Å². The van der Waals surface area contributed by atoms with Crippen LogP contribution < -0.4 is 0 Å². The zero-order chi connectivity index (χ0) is 16.4. The average molecular weight is 307 g/mol. The monoisotopic (exact) mass is 306 g/mol. The predicted octanol–water partition coefficient (Wildman–Crippen LogP) is 7.47. The zero-order valence-electron chi connectivity index (χ0n) is 16.4. The lowest BCUT2D eigenvalue weighted by atomic mass is 9.53. The Bertz CT molecular complexity index is 281. The van der Waals surface area contributed by atoms with Gasteiger partial charge in [0.15, 0.2) is 0 Å². The number of rotatable bonds is 3. The molecule has 0 aliphatic heterocycles. The van der Waals surface area contributed by atoms with Crippen molar-refractivity contribution in [2.45, 2.75) is 106 Å². The molecule has 0 saturated heterocycles. The van der Waals surface area contributed by atoms with Gasteiger partial charge in [-0.2, -0.15) is 0 Å². The van der Waals surface area contributed by atoms with Gasteiger partial charge in [-0.25, -0.2) is 0 Å². The molecule has 0 heterocycles. The van der Waals surface area contributed by atoms with Gasteiger partial charge >= 0.3 is 0 Å². The van der Waals surface area contributed by atoms with Crippen LogP contribution >= 0.6 is 0 Å². The van der Waals surface area contributed by atoms with Gasteiger partial charge in [-0.1, -0.05) is 106 Å². The Hall–Kier alpha value is 0. The van der Waals surface area contributed by atoms with E-state index >= 15 is 0 Å². The van der Waals surface area contributed by atoms with Crippen LogP contribution in [0.5, 0.6) is 0 Å². The van der Waals surface area contributed by atoms with Crippen LogP contribution in [0.25, 0.3) is 0 Å². The molecule has 0 aromatic rings. The molecule has 2 aliphatic carbocycles. The minimum absolute atomic E-state index is 0.456. The molecule has 0 heteroatoms. The normalized spacial score (nSPS) is 25.9. The average Bonchev–Trinajstić information content (AvgIpc) is 2.44. The summed E-state index contributed by atoms with van der Waals surface area (Å²) in [6, 6.07) is 0. The summed E-state index contributed by atoms with van der Waals surface area (Å²) in [5, 5.41) is 0. The fourth-order valence-electron chi connectivity index (χ4n) is 6.06. The van der Waals surface area contributed by atoms with Gasteiger partial charge in [-0.05, 0) is 34.5 Å². The Morgan fingerprint density at radius 2 is 0.773 bits per heavy atom. The topological polar surface area (TPSA) is 0 Å². The Morgan fingerprint density at radius 1 is 0.500 bits per heavy atom. The molecule has 22 heavy (non-hydrogen) atoms. The molecule has 0 nitrogen and oxygen atoms in total. The Labute approximate surface area is 140 Å². The van der Waals surface area contributed by atoms with Gasteiger partial charge in [0.1, 0.15) is 0 Å². The Morgan fingerprint density at radius 3 is 1.00 bits per heavy atom. The largest absolute Gasteiger partial charge is 0.0599 e. The van der Waals surface area contributed by atoms with Crippen LogP contribution in [0.4, 0.5) is 0 Å². The lowest BCUT2D eigenvalue weighted by molar-refractivity contribution is -0.0331. The van der Waals surface area contributed by atoms with Crippen LogP contribution in [-0.4, -0.2) is 0 Å². The molecule has 2 aliphatic rings. The van der Waals surface area contributed by atoms with Crippen LogP contribution in [-0.2, 0) is 0 Å². The molecule has 0 unspecified atom stereocenters. The van der Waals surface area contributed by atoms with E-state index in [-0.39, 0.29) is 0 Å². The summed E-state index contributed by atoms with van der Waals surface area (Å²) in [4.78, 5) is 0. The lowest BCUT2D eigenvalue weighted by Crippen LogP contribution is -2.45. The third-order valence-electron chi connectivity index (χ3n) is 6.70. The highest BCUT2D eigenvalue weighted by atomic mass is 14.5. The molecule has 2 saturated carbocycles. The van der Waals surface area contributed by atoms with E-state index in [1.165, 1.54) is 64.2 Å². The molecule has 0 radical (unpaired) electrons. The third kappa shape index (κ3) is 4.51. The third-order valence-corrected chi connectivity index (χ3v) is 6.70. The van der Waals surface area contributed by atoms with E-state index in [4.69, 9.17) is 0 Å². The first-order valence-electron chi connectivity index (χ1n) is 10.2. The first-order chi connectivity index (χ1) is 10.2. The van der Waals surface area contributed by atoms with Crippen molar-refractivity contribution < 1.29 is 0 Å². The molecule has 0 bridgehead atoms. The van der Waals surface area contributed by atoms with Crippen molar-refractivity contribution in [3.63, 3.8) is 0 Å². The number of hydrogen-bond donors (Lipinski definition) is 0. The standard InChI is InChI=1S/C22H42/c1-21(2,3)19(17-13-9-7-10-14-17)20(22(4,5)6)18-15-11-8-12-16-18/h17-20H,7-16H2,1-6H3/t19-,20-/m0/s1. The maximum Gasteiger partial charge on any atom is -0.0301 e. The van der Waals surface area contributed by atoms with Crippen molar-refractivity contribution in [3.05, 3.63) is 0 Å². The van der Waals surface area contributed by atoms with Gasteiger partial charge in [-0.3, -0.25) is 0 Å². The molecule has 2 fully saturated rings. The van der Waals surface area contributed by atoms with Gasteiger partial charge < -0.3 is 0 Å². The fraction of sp³-hybridized carbons (Fsp3) is 1.00. The summed E-state index contributed by atoms with van der Waals surface area (Å²) in [6.45, 7) is 15.2. The van der Waals surface area contributed by atoms with Crippen LogP contribution in [0.2, 0.25) is 0 Å². The summed E-state index contributed by atoms with van der Waals surface area (Å²) in [5.74, 6) is 3.80. The van der Waals surface area contributed by atoms with E-state index in [1.807, 2.05) is 0 Å². The maximum atomic E-state index is 2.54. The molecule has 2 rings (SSSR count). The van der Waals surface area contributed by atoms with Crippen LogP contribution in [0.3, 0.4) is 0 Å². The van der Waals surface area contributed by atoms with Crippen molar-refractivity contribution in [1.82, 2.24) is 0 Å². The van der Waals surface area contributed by atoms with Crippen LogP contribution in [0.15, 0.2) is 0 Å². The minimum atomic E-state index is 0.456. The maximum absolute atomic E-state index is 2.54. The van der Waals surface area contributed by atoms with E-state index in [0.717, 1.165) is 23.7 Å². The molecule has 130 valence electrons. The van der Waals surface area contributed by atoms with Gasteiger partial charge in [-0.15, -0.1) is 0 Å². The highest BCUT2D eigenvalue weighted by Gasteiger charge is 2.46. The molecule has 0 spiro atoms. The van der Waals surface area contributed by atoms with E-state index in [0.29, 0.717) is 10.8 Å². The molecule has 0 aromatic carbocycles. The van der Waals surface area contributed by atoms with Gasteiger partial charge in [0, 0.05) is 0 Å². The van der Waals surface area contributed by atoms with Crippen molar-refractivity contribution in [3.8, 4) is 0 Å². The van der Waals surface area contributed by atoms with Crippen molar-refractivity contribution in [1.29, 1.82) is 0 Å². The first kappa shape index (κ1) is 18.3. The van der Waals surface area contributed by atoms with Gasteiger partial charge in [0.25, 0.3) is 0 Å². The second-order valence-electron chi connectivity index (χ2n) is 10.6. The highest BCUT2D eigenvalue weighted by Crippen LogP contribution is 2.54. The van der Waals surface area contributed by atoms with Crippen molar-refractivity contribution in [2.75, 3.05) is 0 Å². The molecule has 0 N–H and O–H groups in total. The summed E-state index contributed by atoms with van der Waals surface area (Å²) in [6.07, 6.45) is 14.9. The quantitative estimate of drug-likeness (QED) is 0.507. The molecule has 0 aromatic heterocycles. The predicted molar refractivity (Wildman–Crippen MR) is 99.0 cm³/mol. The Kier molecular flexibility index (Phi) is 6.06. The van der Waals surface area contributed by atoms with E-state index in [2.05, 4.69) is 41.5 Å². The SMILES string of the molecule is CC(C)(C)[C@@H](C1CCCCC1)[C@H](C1CCCCC1)C(C)(C)C. The fourth-order valence-corrected chi connectivity index (χ4v) is 6.06. The zero-order valence-corrected chi connectivity index (χ0v) is 16.4. The highest BCUT2D eigenvalue weighted by molar-refractivity contribution is 4.95. The van der Waals surface area contributed by atoms with Gasteiger partial charge in [0.2, 0.25) is 0 Å². The van der Waals surface area contributed by atoms with Crippen molar-refractivity contribution in [2.24, 2.45) is 34.5 Å². The summed E-state index contributed by atoms with van der Waals surface area (Å²) in [7, 11) is 0. The molecule has 2 atom stereocenters. The smallest absolute Gasteiger partial charge is 0.0301 e. The van der Waals surface area contributed by atoms with Crippen molar-refractivity contribution >= 4 is 0 Å². The summed E-state index contributed by atoms with van der Waals surface area (Å²) in [5.41, 5.74) is 0.912. The van der Waals surface area contributed by atoms with E-state index in [1.54, 1.807) is 0 Å². The van der Waals surface area contributed by atoms with E-state index < -0.39 is 0 Å². The summed E-state index contributed by atoms with van der Waals surface area (Å²) >= 11 is 0. The Balaban J connectivity index is 2.29.